The van der Waals surface area contributed by atoms with Crippen LogP contribution in [-0.4, -0.2) is 5.75 Å². The van der Waals surface area contributed by atoms with E-state index in [0.717, 1.165) is 18.6 Å². The first-order valence-corrected chi connectivity index (χ1v) is 4.89. The third-order valence-electron chi connectivity index (χ3n) is 1.64. The number of rotatable bonds is 4. The number of unbranched alkanes of at least 4 members (excludes halogenated alkanes) is 1. The topological polar surface area (TPSA) is 0 Å². The second-order valence-corrected chi connectivity index (χ2v) is 3.13. The van der Waals surface area contributed by atoms with Crippen molar-refractivity contribution >= 4 is 18.7 Å². The largest absolute Gasteiger partial charge is 0.179 e. The van der Waals surface area contributed by atoms with Gasteiger partial charge in [-0.3, -0.25) is 0 Å². The highest BCUT2D eigenvalue weighted by Gasteiger charge is 1.82. The Morgan fingerprint density at radius 3 is 2.58 bits per heavy atom. The summed E-state index contributed by atoms with van der Waals surface area (Å²) in [6.07, 6.45) is 6.64. The first kappa shape index (κ1) is 9.40. The second-order valence-electron chi connectivity index (χ2n) is 2.68. The molecule has 1 heteroatoms. The first-order valence-electron chi connectivity index (χ1n) is 4.26. The van der Waals surface area contributed by atoms with Crippen LogP contribution in [-0.2, 0) is 0 Å². The summed E-state index contributed by atoms with van der Waals surface area (Å²) in [5, 5.41) is 0. The molecule has 0 saturated carbocycles. The molecule has 0 radical (unpaired) electrons. The van der Waals surface area contributed by atoms with Gasteiger partial charge in [0.2, 0.25) is 0 Å². The molecule has 0 unspecified atom stereocenters. The molecule has 64 valence electrons. The predicted molar refractivity (Wildman–Crippen MR) is 58.6 cm³/mol. The van der Waals surface area contributed by atoms with Crippen LogP contribution < -0.4 is 0 Å². The van der Waals surface area contributed by atoms with Gasteiger partial charge in [0.25, 0.3) is 0 Å². The van der Waals surface area contributed by atoms with Gasteiger partial charge in [0, 0.05) is 0 Å². The normalized spacial score (nSPS) is 10.8. The lowest BCUT2D eigenvalue weighted by molar-refractivity contribution is 0.979. The maximum absolute atomic E-state index is 4.15. The fourth-order valence-electron chi connectivity index (χ4n) is 0.993. The van der Waals surface area contributed by atoms with Crippen LogP contribution in [0.3, 0.4) is 0 Å². The van der Waals surface area contributed by atoms with Crippen molar-refractivity contribution in [3.8, 4) is 0 Å². The standard InChI is InChI=1S/C11H14S/c12-10-6-2-5-9-11-7-3-1-4-8-11/h1,3-5,7-9,12H,2,6,10H2/b9-5+. The van der Waals surface area contributed by atoms with Gasteiger partial charge in [0.05, 0.1) is 0 Å². The quantitative estimate of drug-likeness (QED) is 0.530. The van der Waals surface area contributed by atoms with Crippen LogP contribution >= 0.6 is 12.6 Å². The summed E-state index contributed by atoms with van der Waals surface area (Å²) in [5.41, 5.74) is 1.27. The van der Waals surface area contributed by atoms with Crippen molar-refractivity contribution in [1.29, 1.82) is 0 Å². The molecule has 0 spiro atoms. The molecule has 0 atom stereocenters. The molecule has 1 aromatic carbocycles. The summed E-state index contributed by atoms with van der Waals surface area (Å²) in [5.74, 6) is 0.971. The van der Waals surface area contributed by atoms with Crippen LogP contribution in [0.5, 0.6) is 0 Å². The molecule has 0 heterocycles. The summed E-state index contributed by atoms with van der Waals surface area (Å²) in [6.45, 7) is 0. The van der Waals surface area contributed by atoms with Gasteiger partial charge in [-0.1, -0.05) is 42.5 Å². The minimum atomic E-state index is 0.971. The average molecular weight is 178 g/mol. The highest BCUT2D eigenvalue weighted by atomic mass is 32.1. The molecule has 0 amide bonds. The lowest BCUT2D eigenvalue weighted by Gasteiger charge is -1.91. The molecular formula is C11H14S. The van der Waals surface area contributed by atoms with Crippen LogP contribution in [0, 0.1) is 0 Å². The Morgan fingerprint density at radius 2 is 1.92 bits per heavy atom. The van der Waals surface area contributed by atoms with Crippen molar-refractivity contribution in [2.24, 2.45) is 0 Å². The van der Waals surface area contributed by atoms with Gasteiger partial charge >= 0.3 is 0 Å². The Balaban J connectivity index is 2.36. The van der Waals surface area contributed by atoms with E-state index < -0.39 is 0 Å². The summed E-state index contributed by atoms with van der Waals surface area (Å²) < 4.78 is 0. The number of hydrogen-bond donors (Lipinski definition) is 1. The third-order valence-corrected chi connectivity index (χ3v) is 1.96. The predicted octanol–water partition coefficient (Wildman–Crippen LogP) is 3.41. The lowest BCUT2D eigenvalue weighted by Crippen LogP contribution is -1.72. The molecular weight excluding hydrogens is 164 g/mol. The third kappa shape index (κ3) is 3.63. The smallest absolute Gasteiger partial charge is 0.00950 e. The van der Waals surface area contributed by atoms with Gasteiger partial charge in [0.1, 0.15) is 0 Å². The zero-order chi connectivity index (χ0) is 8.65. The van der Waals surface area contributed by atoms with E-state index in [9.17, 15) is 0 Å². The zero-order valence-electron chi connectivity index (χ0n) is 7.11. The Kier molecular flexibility index (Phi) is 4.62. The Labute approximate surface area is 79.7 Å². The molecule has 0 N–H and O–H groups in total. The number of thiol groups is 1. The summed E-state index contributed by atoms with van der Waals surface area (Å²) in [7, 11) is 0. The van der Waals surface area contributed by atoms with Gasteiger partial charge in [0.15, 0.2) is 0 Å². The molecule has 12 heavy (non-hydrogen) atoms. The maximum atomic E-state index is 4.15. The van der Waals surface area contributed by atoms with E-state index in [1.54, 1.807) is 0 Å². The molecule has 0 fully saturated rings. The summed E-state index contributed by atoms with van der Waals surface area (Å²) in [6, 6.07) is 10.4. The highest BCUT2D eigenvalue weighted by molar-refractivity contribution is 7.80. The van der Waals surface area contributed by atoms with Crippen LogP contribution in [0.1, 0.15) is 18.4 Å². The summed E-state index contributed by atoms with van der Waals surface area (Å²) in [4.78, 5) is 0. The fourth-order valence-corrected chi connectivity index (χ4v) is 1.18. The van der Waals surface area contributed by atoms with E-state index in [2.05, 4.69) is 49.0 Å². The van der Waals surface area contributed by atoms with Crippen LogP contribution in [0.15, 0.2) is 36.4 Å². The molecule has 0 saturated heterocycles. The van der Waals surface area contributed by atoms with E-state index in [1.807, 2.05) is 6.07 Å². The van der Waals surface area contributed by atoms with Crippen molar-refractivity contribution in [2.45, 2.75) is 12.8 Å². The molecule has 0 aliphatic rings. The zero-order valence-corrected chi connectivity index (χ0v) is 8.00. The highest BCUT2D eigenvalue weighted by Crippen LogP contribution is 2.02. The average Bonchev–Trinajstić information content (AvgIpc) is 2.14. The molecule has 1 rings (SSSR count). The number of hydrogen-bond acceptors (Lipinski definition) is 1. The van der Waals surface area contributed by atoms with Gasteiger partial charge in [-0.15, -0.1) is 0 Å². The number of allylic oxidation sites excluding steroid dienone is 1. The van der Waals surface area contributed by atoms with E-state index in [-0.39, 0.29) is 0 Å². The van der Waals surface area contributed by atoms with Crippen LogP contribution in [0.2, 0.25) is 0 Å². The molecule has 0 bridgehead atoms. The van der Waals surface area contributed by atoms with Crippen LogP contribution in [0.25, 0.3) is 6.08 Å². The van der Waals surface area contributed by atoms with Gasteiger partial charge in [-0.05, 0) is 24.2 Å². The van der Waals surface area contributed by atoms with Gasteiger partial charge in [-0.2, -0.15) is 12.6 Å². The van der Waals surface area contributed by atoms with E-state index in [0.29, 0.717) is 0 Å². The van der Waals surface area contributed by atoms with E-state index in [1.165, 1.54) is 5.56 Å². The van der Waals surface area contributed by atoms with Gasteiger partial charge < -0.3 is 0 Å². The monoisotopic (exact) mass is 178 g/mol. The maximum Gasteiger partial charge on any atom is -0.00950 e. The SMILES string of the molecule is SCCC/C=C/c1ccccc1. The molecule has 0 nitrogen and oxygen atoms in total. The van der Waals surface area contributed by atoms with Crippen LogP contribution in [0.4, 0.5) is 0 Å². The Bertz CT molecular complexity index is 226. The fraction of sp³-hybridized carbons (Fsp3) is 0.273. The Hall–Kier alpha value is -0.690. The van der Waals surface area contributed by atoms with E-state index in [4.69, 9.17) is 0 Å². The van der Waals surface area contributed by atoms with Crippen molar-refractivity contribution in [3.63, 3.8) is 0 Å². The van der Waals surface area contributed by atoms with E-state index >= 15 is 0 Å². The Morgan fingerprint density at radius 1 is 1.17 bits per heavy atom. The molecule has 1 aromatic rings. The minimum absolute atomic E-state index is 0.971. The number of benzene rings is 1. The second kappa shape index (κ2) is 5.90. The van der Waals surface area contributed by atoms with Crippen molar-refractivity contribution < 1.29 is 0 Å². The first-order chi connectivity index (χ1) is 5.93. The van der Waals surface area contributed by atoms with Crippen molar-refractivity contribution in [3.05, 3.63) is 42.0 Å². The lowest BCUT2D eigenvalue weighted by atomic mass is 10.2. The molecule has 0 aromatic heterocycles. The van der Waals surface area contributed by atoms with Crippen molar-refractivity contribution in [2.75, 3.05) is 5.75 Å². The molecule has 0 aliphatic carbocycles. The summed E-state index contributed by atoms with van der Waals surface area (Å²) >= 11 is 4.15. The minimum Gasteiger partial charge on any atom is -0.179 e. The molecule has 0 aliphatic heterocycles. The van der Waals surface area contributed by atoms with Gasteiger partial charge in [-0.25, -0.2) is 0 Å². The van der Waals surface area contributed by atoms with Crippen molar-refractivity contribution in [1.82, 2.24) is 0 Å².